The Bertz CT molecular complexity index is 1160. The van der Waals surface area contributed by atoms with E-state index in [0.717, 1.165) is 27.1 Å². The van der Waals surface area contributed by atoms with Gasteiger partial charge in [0.1, 0.15) is 5.75 Å². The summed E-state index contributed by atoms with van der Waals surface area (Å²) < 4.78 is 0. The summed E-state index contributed by atoms with van der Waals surface area (Å²) in [6, 6.07) is 25.1. The number of rotatable bonds is 4. The lowest BCUT2D eigenvalue weighted by Gasteiger charge is -2.06. The fraction of sp³-hybridized carbons (Fsp3) is 0.0435. The van der Waals surface area contributed by atoms with Crippen LogP contribution >= 0.6 is 0 Å². The van der Waals surface area contributed by atoms with Crippen LogP contribution in [0.2, 0.25) is 0 Å². The summed E-state index contributed by atoms with van der Waals surface area (Å²) >= 11 is 0. The molecule has 132 valence electrons. The van der Waals surface area contributed by atoms with E-state index < -0.39 is 0 Å². The molecule has 4 nitrogen and oxygen atoms in total. The van der Waals surface area contributed by atoms with Crippen LogP contribution in [-0.2, 0) is 11.2 Å². The molecule has 0 aromatic heterocycles. The van der Waals surface area contributed by atoms with Gasteiger partial charge in [-0.3, -0.25) is 4.79 Å². The third kappa shape index (κ3) is 3.51. The number of carbonyl (C=O) groups is 1. The van der Waals surface area contributed by atoms with E-state index in [-0.39, 0.29) is 18.1 Å². The molecule has 0 aliphatic carbocycles. The van der Waals surface area contributed by atoms with Crippen molar-refractivity contribution in [3.8, 4) is 5.75 Å². The summed E-state index contributed by atoms with van der Waals surface area (Å²) in [4.78, 5) is 12.3. The van der Waals surface area contributed by atoms with Gasteiger partial charge >= 0.3 is 0 Å². The van der Waals surface area contributed by atoms with Crippen molar-refractivity contribution < 1.29 is 9.90 Å². The van der Waals surface area contributed by atoms with E-state index in [9.17, 15) is 9.90 Å². The van der Waals surface area contributed by atoms with Gasteiger partial charge < -0.3 is 5.11 Å². The predicted octanol–water partition coefficient (Wildman–Crippen LogP) is 4.39. The fourth-order valence-corrected chi connectivity index (χ4v) is 3.25. The molecule has 0 heterocycles. The third-order valence-electron chi connectivity index (χ3n) is 4.56. The summed E-state index contributed by atoms with van der Waals surface area (Å²) in [5, 5.41) is 18.2. The first-order valence-electron chi connectivity index (χ1n) is 8.71. The number of nitrogens with one attached hydrogen (secondary N) is 1. The molecule has 0 bridgehead atoms. The fourth-order valence-electron chi connectivity index (χ4n) is 3.25. The highest BCUT2D eigenvalue weighted by atomic mass is 16.3. The molecule has 0 unspecified atom stereocenters. The van der Waals surface area contributed by atoms with Crippen LogP contribution in [0.5, 0.6) is 5.75 Å². The molecule has 27 heavy (non-hydrogen) atoms. The number of phenolic OH excluding ortho intramolecular Hbond substituents is 1. The van der Waals surface area contributed by atoms with E-state index in [1.165, 1.54) is 6.21 Å². The summed E-state index contributed by atoms with van der Waals surface area (Å²) in [6.07, 6.45) is 1.72. The van der Waals surface area contributed by atoms with Crippen molar-refractivity contribution in [2.24, 2.45) is 5.10 Å². The molecule has 4 rings (SSSR count). The molecular formula is C23H18N2O2. The Morgan fingerprint density at radius 1 is 0.852 bits per heavy atom. The zero-order valence-corrected chi connectivity index (χ0v) is 14.6. The number of phenols is 1. The van der Waals surface area contributed by atoms with Gasteiger partial charge in [-0.15, -0.1) is 0 Å². The largest absolute Gasteiger partial charge is 0.507 e. The summed E-state index contributed by atoms with van der Waals surface area (Å²) in [5.74, 6) is -0.0805. The maximum atomic E-state index is 12.3. The average Bonchev–Trinajstić information content (AvgIpc) is 2.70. The van der Waals surface area contributed by atoms with Gasteiger partial charge in [-0.25, -0.2) is 5.43 Å². The number of hydrazone groups is 1. The lowest BCUT2D eigenvalue weighted by molar-refractivity contribution is -0.120. The Hall–Kier alpha value is -3.66. The number of hydrogen-bond acceptors (Lipinski definition) is 3. The molecule has 4 aromatic carbocycles. The molecule has 0 saturated heterocycles. The minimum atomic E-state index is -0.206. The van der Waals surface area contributed by atoms with Crippen molar-refractivity contribution in [2.45, 2.75) is 6.42 Å². The number of aromatic hydroxyl groups is 1. The van der Waals surface area contributed by atoms with Crippen molar-refractivity contribution >= 4 is 33.7 Å². The Balaban J connectivity index is 1.52. The topological polar surface area (TPSA) is 61.7 Å². The van der Waals surface area contributed by atoms with Crippen LogP contribution in [0.1, 0.15) is 11.1 Å². The Morgan fingerprint density at radius 2 is 1.52 bits per heavy atom. The Kier molecular flexibility index (Phi) is 4.54. The van der Waals surface area contributed by atoms with E-state index in [2.05, 4.69) is 10.5 Å². The van der Waals surface area contributed by atoms with Crippen LogP contribution in [0.3, 0.4) is 0 Å². The normalized spacial score (nSPS) is 11.3. The van der Waals surface area contributed by atoms with Crippen LogP contribution in [0.15, 0.2) is 84.0 Å². The van der Waals surface area contributed by atoms with Gasteiger partial charge in [0, 0.05) is 5.56 Å². The maximum Gasteiger partial charge on any atom is 0.244 e. The number of hydrogen-bond donors (Lipinski definition) is 2. The van der Waals surface area contributed by atoms with Gasteiger partial charge in [0.25, 0.3) is 0 Å². The van der Waals surface area contributed by atoms with E-state index in [0.29, 0.717) is 5.56 Å². The third-order valence-corrected chi connectivity index (χ3v) is 4.56. The first-order chi connectivity index (χ1) is 13.2. The zero-order chi connectivity index (χ0) is 18.6. The van der Waals surface area contributed by atoms with Gasteiger partial charge in [-0.05, 0) is 33.2 Å². The molecule has 0 aliphatic rings. The highest BCUT2D eigenvalue weighted by molar-refractivity contribution is 6.02. The molecule has 0 fully saturated rings. The van der Waals surface area contributed by atoms with E-state index >= 15 is 0 Å². The monoisotopic (exact) mass is 354 g/mol. The number of nitrogens with zero attached hydrogens (tertiary/aromatic N) is 1. The van der Waals surface area contributed by atoms with Crippen molar-refractivity contribution in [2.75, 3.05) is 0 Å². The SMILES string of the molecule is O=C(Cc1cccc2ccccc12)N/N=C\c1c(O)ccc2ccccc12. The molecule has 0 radical (unpaired) electrons. The first kappa shape index (κ1) is 16.8. The molecule has 0 aliphatic heterocycles. The Morgan fingerprint density at radius 3 is 2.33 bits per heavy atom. The molecule has 0 atom stereocenters. The van der Waals surface area contributed by atoms with Crippen LogP contribution in [0.25, 0.3) is 21.5 Å². The zero-order valence-electron chi connectivity index (χ0n) is 14.6. The molecule has 2 N–H and O–H groups in total. The lowest BCUT2D eigenvalue weighted by atomic mass is 10.0. The van der Waals surface area contributed by atoms with Gasteiger partial charge in [0.05, 0.1) is 12.6 Å². The number of benzene rings is 4. The highest BCUT2D eigenvalue weighted by Gasteiger charge is 2.07. The van der Waals surface area contributed by atoms with Crippen molar-refractivity contribution in [1.82, 2.24) is 5.43 Å². The smallest absolute Gasteiger partial charge is 0.244 e. The molecule has 4 heteroatoms. The second-order valence-corrected chi connectivity index (χ2v) is 6.33. The molecule has 0 saturated carbocycles. The summed E-state index contributed by atoms with van der Waals surface area (Å²) in [6.45, 7) is 0. The molecule has 1 amide bonds. The van der Waals surface area contributed by atoms with Crippen LogP contribution in [-0.4, -0.2) is 17.2 Å². The second kappa shape index (κ2) is 7.30. The van der Waals surface area contributed by atoms with Gasteiger partial charge in [0.2, 0.25) is 5.91 Å². The average molecular weight is 354 g/mol. The minimum absolute atomic E-state index is 0.126. The van der Waals surface area contributed by atoms with Gasteiger partial charge in [-0.2, -0.15) is 5.10 Å². The molecule has 0 spiro atoms. The number of carbonyl (C=O) groups excluding carboxylic acids is 1. The van der Waals surface area contributed by atoms with E-state index in [4.69, 9.17) is 0 Å². The number of fused-ring (bicyclic) bond motifs is 2. The standard InChI is InChI=1S/C23H18N2O2/c26-22-13-12-17-7-2-4-11-20(17)21(22)15-24-25-23(27)14-18-9-5-8-16-6-1-3-10-19(16)18/h1-13,15,26H,14H2,(H,25,27)/b24-15-. The maximum absolute atomic E-state index is 12.3. The second-order valence-electron chi connectivity index (χ2n) is 6.33. The van der Waals surface area contributed by atoms with Crippen molar-refractivity contribution in [3.63, 3.8) is 0 Å². The Labute approximate surface area is 156 Å². The van der Waals surface area contributed by atoms with Gasteiger partial charge in [0.15, 0.2) is 0 Å². The van der Waals surface area contributed by atoms with E-state index in [1.54, 1.807) is 6.07 Å². The first-order valence-corrected chi connectivity index (χ1v) is 8.71. The van der Waals surface area contributed by atoms with Crippen LogP contribution < -0.4 is 5.43 Å². The summed E-state index contributed by atoms with van der Waals surface area (Å²) in [5.41, 5.74) is 4.09. The molecule has 4 aromatic rings. The van der Waals surface area contributed by atoms with Crippen molar-refractivity contribution in [3.05, 3.63) is 90.0 Å². The molecular weight excluding hydrogens is 336 g/mol. The van der Waals surface area contributed by atoms with Gasteiger partial charge in [-0.1, -0.05) is 72.8 Å². The quantitative estimate of drug-likeness (QED) is 0.422. The lowest BCUT2D eigenvalue weighted by Crippen LogP contribution is -2.19. The van der Waals surface area contributed by atoms with Crippen LogP contribution in [0, 0.1) is 0 Å². The van der Waals surface area contributed by atoms with E-state index in [1.807, 2.05) is 72.8 Å². The minimum Gasteiger partial charge on any atom is -0.507 e. The predicted molar refractivity (Wildman–Crippen MR) is 109 cm³/mol. The summed E-state index contributed by atoms with van der Waals surface area (Å²) in [7, 11) is 0. The van der Waals surface area contributed by atoms with Crippen LogP contribution in [0.4, 0.5) is 0 Å². The highest BCUT2D eigenvalue weighted by Crippen LogP contribution is 2.25. The number of amides is 1. The van der Waals surface area contributed by atoms with Crippen molar-refractivity contribution in [1.29, 1.82) is 0 Å².